The molecule has 0 unspecified atom stereocenters. The summed E-state index contributed by atoms with van der Waals surface area (Å²) in [7, 11) is 1.56. The highest BCUT2D eigenvalue weighted by Gasteiger charge is 2.11. The van der Waals surface area contributed by atoms with Gasteiger partial charge < -0.3 is 20.1 Å². The molecule has 0 fully saturated rings. The lowest BCUT2D eigenvalue weighted by Crippen LogP contribution is -2.18. The number of hydrogen-bond donors (Lipinski definition) is 2. The van der Waals surface area contributed by atoms with Crippen LogP contribution in [0.3, 0.4) is 0 Å². The summed E-state index contributed by atoms with van der Waals surface area (Å²) in [4.78, 5) is 23.7. The molecule has 0 atom stereocenters. The van der Waals surface area contributed by atoms with Crippen LogP contribution >= 0.6 is 0 Å². The number of anilines is 1. The minimum absolute atomic E-state index is 0.206. The van der Waals surface area contributed by atoms with E-state index in [4.69, 9.17) is 9.47 Å². The molecular formula is C19H18N2O4. The number of carbonyl (C=O) groups excluding carboxylic acids is 2. The number of carbonyl (C=O) groups is 2. The van der Waals surface area contributed by atoms with Crippen LogP contribution < -0.4 is 20.1 Å². The van der Waals surface area contributed by atoms with Crippen LogP contribution in [0.4, 0.5) is 5.69 Å². The van der Waals surface area contributed by atoms with E-state index in [1.54, 1.807) is 37.4 Å². The first-order valence-electron chi connectivity index (χ1n) is 7.86. The van der Waals surface area contributed by atoms with Gasteiger partial charge in [0.2, 0.25) is 5.91 Å². The lowest BCUT2D eigenvalue weighted by Gasteiger charge is -2.18. The Hall–Kier alpha value is -3.28. The van der Waals surface area contributed by atoms with E-state index in [2.05, 4.69) is 10.6 Å². The molecule has 25 heavy (non-hydrogen) atoms. The Labute approximate surface area is 145 Å². The molecule has 1 aliphatic heterocycles. The lowest BCUT2D eigenvalue weighted by molar-refractivity contribution is -0.111. The molecule has 2 aromatic carbocycles. The van der Waals surface area contributed by atoms with E-state index >= 15 is 0 Å². The molecule has 0 aromatic heterocycles. The van der Waals surface area contributed by atoms with Gasteiger partial charge in [0.25, 0.3) is 5.91 Å². The molecule has 2 aromatic rings. The predicted octanol–water partition coefficient (Wildman–Crippen LogP) is 2.47. The van der Waals surface area contributed by atoms with E-state index in [-0.39, 0.29) is 11.8 Å². The molecule has 6 heteroatoms. The van der Waals surface area contributed by atoms with Crippen molar-refractivity contribution >= 4 is 23.6 Å². The molecule has 2 N–H and O–H groups in total. The summed E-state index contributed by atoms with van der Waals surface area (Å²) in [5, 5.41) is 5.28. The Kier molecular flexibility index (Phi) is 4.99. The minimum Gasteiger partial charge on any atom is -0.486 e. The highest BCUT2D eigenvalue weighted by molar-refractivity contribution is 6.03. The van der Waals surface area contributed by atoms with Crippen LogP contribution in [0.25, 0.3) is 6.08 Å². The third-order valence-electron chi connectivity index (χ3n) is 3.61. The van der Waals surface area contributed by atoms with Gasteiger partial charge in [-0.3, -0.25) is 9.59 Å². The van der Waals surface area contributed by atoms with E-state index in [1.165, 1.54) is 6.08 Å². The third kappa shape index (κ3) is 4.17. The fraction of sp³-hybridized carbons (Fsp3) is 0.158. The highest BCUT2D eigenvalue weighted by Crippen LogP contribution is 2.31. The van der Waals surface area contributed by atoms with Crippen molar-refractivity contribution in [2.45, 2.75) is 0 Å². The van der Waals surface area contributed by atoms with Gasteiger partial charge in [0, 0.05) is 24.4 Å². The van der Waals surface area contributed by atoms with E-state index in [0.29, 0.717) is 36.0 Å². The molecule has 1 aliphatic rings. The normalized spacial score (nSPS) is 12.7. The van der Waals surface area contributed by atoms with Gasteiger partial charge in [-0.25, -0.2) is 0 Å². The zero-order valence-electron chi connectivity index (χ0n) is 13.7. The second-order valence-electron chi connectivity index (χ2n) is 5.39. The molecule has 0 spiro atoms. The van der Waals surface area contributed by atoms with Crippen LogP contribution in [0.15, 0.2) is 48.5 Å². The first kappa shape index (κ1) is 16.6. The second kappa shape index (κ2) is 7.53. The number of hydrogen-bond acceptors (Lipinski definition) is 4. The van der Waals surface area contributed by atoms with E-state index in [9.17, 15) is 9.59 Å². The molecule has 0 aliphatic carbocycles. The maximum atomic E-state index is 12.1. The summed E-state index contributed by atoms with van der Waals surface area (Å²) in [5.41, 5.74) is 1.87. The molecule has 0 saturated carbocycles. The largest absolute Gasteiger partial charge is 0.486 e. The van der Waals surface area contributed by atoms with Crippen molar-refractivity contribution in [3.8, 4) is 11.5 Å². The predicted molar refractivity (Wildman–Crippen MR) is 94.9 cm³/mol. The molecule has 0 bridgehead atoms. The molecule has 0 saturated heterocycles. The average molecular weight is 338 g/mol. The summed E-state index contributed by atoms with van der Waals surface area (Å²) in [6.45, 7) is 1.06. The van der Waals surface area contributed by atoms with Crippen molar-refractivity contribution in [2.24, 2.45) is 0 Å². The van der Waals surface area contributed by atoms with E-state index < -0.39 is 0 Å². The maximum absolute atomic E-state index is 12.1. The van der Waals surface area contributed by atoms with Crippen LogP contribution in [0.2, 0.25) is 0 Å². The standard InChI is InChI=1S/C19H18N2O4/c1-20-19(23)14-3-2-4-15(12-14)21-18(22)8-6-13-5-7-16-17(11-13)25-10-9-24-16/h2-8,11-12H,9-10H2,1H3,(H,20,23)(H,21,22). The smallest absolute Gasteiger partial charge is 0.251 e. The molecule has 128 valence electrons. The monoisotopic (exact) mass is 338 g/mol. The van der Waals surface area contributed by atoms with Gasteiger partial charge >= 0.3 is 0 Å². The topological polar surface area (TPSA) is 76.7 Å². The van der Waals surface area contributed by atoms with Crippen LogP contribution in [0.5, 0.6) is 11.5 Å². The summed E-state index contributed by atoms with van der Waals surface area (Å²) in [5.74, 6) is 0.887. The van der Waals surface area contributed by atoms with Crippen molar-refractivity contribution in [3.63, 3.8) is 0 Å². The molecule has 2 amide bonds. The van der Waals surface area contributed by atoms with Crippen molar-refractivity contribution in [2.75, 3.05) is 25.6 Å². The highest BCUT2D eigenvalue weighted by atomic mass is 16.6. The van der Waals surface area contributed by atoms with Crippen molar-refractivity contribution in [1.82, 2.24) is 5.32 Å². The molecule has 0 radical (unpaired) electrons. The third-order valence-corrected chi connectivity index (χ3v) is 3.61. The van der Waals surface area contributed by atoms with Crippen LogP contribution in [-0.2, 0) is 4.79 Å². The van der Waals surface area contributed by atoms with Gasteiger partial charge in [-0.05, 0) is 42.0 Å². The lowest BCUT2D eigenvalue weighted by atomic mass is 10.1. The Morgan fingerprint density at radius 3 is 2.64 bits per heavy atom. The summed E-state index contributed by atoms with van der Waals surface area (Å²) < 4.78 is 11.0. The SMILES string of the molecule is CNC(=O)c1cccc(NC(=O)C=Cc2ccc3c(c2)OCCO3)c1. The maximum Gasteiger partial charge on any atom is 0.251 e. The quantitative estimate of drug-likeness (QED) is 0.840. The second-order valence-corrected chi connectivity index (χ2v) is 5.39. The zero-order chi connectivity index (χ0) is 17.6. The Bertz CT molecular complexity index is 830. The van der Waals surface area contributed by atoms with E-state index in [0.717, 1.165) is 5.56 Å². The first-order chi connectivity index (χ1) is 12.2. The van der Waals surface area contributed by atoms with Gasteiger partial charge in [0.05, 0.1) is 0 Å². The van der Waals surface area contributed by atoms with Crippen molar-refractivity contribution in [3.05, 3.63) is 59.7 Å². The Morgan fingerprint density at radius 2 is 1.84 bits per heavy atom. The number of benzene rings is 2. The number of fused-ring (bicyclic) bond motifs is 1. The van der Waals surface area contributed by atoms with Gasteiger partial charge in [0.1, 0.15) is 13.2 Å². The summed E-state index contributed by atoms with van der Waals surface area (Å²) in [6, 6.07) is 12.2. The van der Waals surface area contributed by atoms with Crippen LogP contribution in [-0.4, -0.2) is 32.1 Å². The first-order valence-corrected chi connectivity index (χ1v) is 7.86. The number of ether oxygens (including phenoxy) is 2. The van der Waals surface area contributed by atoms with Crippen LogP contribution in [0.1, 0.15) is 15.9 Å². The Balaban J connectivity index is 1.66. The minimum atomic E-state index is -0.288. The fourth-order valence-electron chi connectivity index (χ4n) is 2.40. The fourth-order valence-corrected chi connectivity index (χ4v) is 2.40. The van der Waals surface area contributed by atoms with Gasteiger partial charge in [-0.2, -0.15) is 0 Å². The molecule has 6 nitrogen and oxygen atoms in total. The molecular weight excluding hydrogens is 320 g/mol. The molecule has 1 heterocycles. The summed E-state index contributed by atoms with van der Waals surface area (Å²) in [6.07, 6.45) is 3.12. The van der Waals surface area contributed by atoms with Gasteiger partial charge in [-0.1, -0.05) is 12.1 Å². The Morgan fingerprint density at radius 1 is 1.04 bits per heavy atom. The van der Waals surface area contributed by atoms with Gasteiger partial charge in [0.15, 0.2) is 11.5 Å². The number of rotatable bonds is 4. The van der Waals surface area contributed by atoms with Gasteiger partial charge in [-0.15, -0.1) is 0 Å². The number of nitrogens with one attached hydrogen (secondary N) is 2. The zero-order valence-corrected chi connectivity index (χ0v) is 13.7. The van der Waals surface area contributed by atoms with Crippen molar-refractivity contribution < 1.29 is 19.1 Å². The van der Waals surface area contributed by atoms with Crippen LogP contribution in [0, 0.1) is 0 Å². The summed E-state index contributed by atoms with van der Waals surface area (Å²) >= 11 is 0. The average Bonchev–Trinajstić information content (AvgIpc) is 2.65. The van der Waals surface area contributed by atoms with E-state index in [1.807, 2.05) is 18.2 Å². The number of amides is 2. The molecule has 3 rings (SSSR count). The van der Waals surface area contributed by atoms with Crippen molar-refractivity contribution in [1.29, 1.82) is 0 Å².